The molecule has 1 rings (SSSR count). The van der Waals surface area contributed by atoms with Gasteiger partial charge in [0.1, 0.15) is 0 Å². The minimum Gasteiger partial charge on any atom is -0.339 e. The normalized spacial score (nSPS) is 18.9. The maximum atomic E-state index is 11.1. The summed E-state index contributed by atoms with van der Waals surface area (Å²) in [5.74, 6) is 0.0377. The van der Waals surface area contributed by atoms with Gasteiger partial charge in [0, 0.05) is 20.1 Å². The Hall–Kier alpha value is -0.610. The SMILES string of the molecule is CCN1CC(N(C)C(=O)CN)C1. The molecule has 4 nitrogen and oxygen atoms in total. The van der Waals surface area contributed by atoms with E-state index in [4.69, 9.17) is 5.73 Å². The molecule has 1 fully saturated rings. The van der Waals surface area contributed by atoms with Crippen LogP contribution < -0.4 is 5.73 Å². The Kier molecular flexibility index (Phi) is 3.05. The number of nitrogens with two attached hydrogens (primary N) is 1. The summed E-state index contributed by atoms with van der Waals surface area (Å²) in [6.45, 7) is 5.32. The molecule has 0 spiro atoms. The molecule has 2 N–H and O–H groups in total. The van der Waals surface area contributed by atoms with Crippen molar-refractivity contribution < 1.29 is 4.79 Å². The Morgan fingerprint density at radius 1 is 1.67 bits per heavy atom. The first kappa shape index (κ1) is 9.48. The van der Waals surface area contributed by atoms with Crippen LogP contribution in [0.1, 0.15) is 6.92 Å². The van der Waals surface area contributed by atoms with Gasteiger partial charge in [-0.25, -0.2) is 0 Å². The molecule has 1 amide bonds. The largest absolute Gasteiger partial charge is 0.339 e. The molecule has 0 bridgehead atoms. The summed E-state index contributed by atoms with van der Waals surface area (Å²) in [5.41, 5.74) is 5.25. The zero-order valence-corrected chi connectivity index (χ0v) is 7.79. The van der Waals surface area contributed by atoms with E-state index in [9.17, 15) is 4.79 Å². The summed E-state index contributed by atoms with van der Waals surface area (Å²) in [7, 11) is 1.83. The summed E-state index contributed by atoms with van der Waals surface area (Å²) in [4.78, 5) is 15.2. The van der Waals surface area contributed by atoms with E-state index in [1.54, 1.807) is 4.90 Å². The molecule has 0 saturated carbocycles. The van der Waals surface area contributed by atoms with Crippen molar-refractivity contribution in [1.82, 2.24) is 9.80 Å². The molecule has 0 aromatic rings. The van der Waals surface area contributed by atoms with E-state index < -0.39 is 0 Å². The third-order valence-corrected chi connectivity index (χ3v) is 2.50. The van der Waals surface area contributed by atoms with Crippen molar-refractivity contribution in [1.29, 1.82) is 0 Å². The van der Waals surface area contributed by atoms with Crippen LogP contribution in [0, 0.1) is 0 Å². The van der Waals surface area contributed by atoms with E-state index in [0.29, 0.717) is 6.04 Å². The zero-order valence-electron chi connectivity index (χ0n) is 7.79. The lowest BCUT2D eigenvalue weighted by atomic mass is 10.1. The molecular formula is C8H17N3O. The summed E-state index contributed by atoms with van der Waals surface area (Å²) < 4.78 is 0. The lowest BCUT2D eigenvalue weighted by Crippen LogP contribution is -2.60. The molecule has 0 radical (unpaired) electrons. The lowest BCUT2D eigenvalue weighted by Gasteiger charge is -2.43. The van der Waals surface area contributed by atoms with Crippen LogP contribution in [0.15, 0.2) is 0 Å². The monoisotopic (exact) mass is 171 g/mol. The number of hydrogen-bond donors (Lipinski definition) is 1. The average Bonchev–Trinajstić information content (AvgIpc) is 2.01. The topological polar surface area (TPSA) is 49.6 Å². The fraction of sp³-hybridized carbons (Fsp3) is 0.875. The van der Waals surface area contributed by atoms with Gasteiger partial charge >= 0.3 is 0 Å². The second-order valence-corrected chi connectivity index (χ2v) is 3.21. The summed E-state index contributed by atoms with van der Waals surface area (Å²) >= 11 is 0. The summed E-state index contributed by atoms with van der Waals surface area (Å²) in [6.07, 6.45) is 0. The van der Waals surface area contributed by atoms with Crippen molar-refractivity contribution in [3.8, 4) is 0 Å². The second kappa shape index (κ2) is 3.87. The van der Waals surface area contributed by atoms with Gasteiger partial charge < -0.3 is 10.6 Å². The van der Waals surface area contributed by atoms with Crippen LogP contribution in [0.4, 0.5) is 0 Å². The molecule has 0 aromatic heterocycles. The van der Waals surface area contributed by atoms with Crippen LogP contribution in [0.3, 0.4) is 0 Å². The van der Waals surface area contributed by atoms with Crippen LogP contribution in [-0.4, -0.2) is 55.0 Å². The Bertz CT molecular complexity index is 166. The van der Waals surface area contributed by atoms with Gasteiger partial charge in [-0.05, 0) is 6.54 Å². The Balaban J connectivity index is 2.27. The number of likely N-dealkylation sites (N-methyl/N-ethyl adjacent to an activating group) is 2. The van der Waals surface area contributed by atoms with Gasteiger partial charge in [-0.1, -0.05) is 6.92 Å². The number of amides is 1. The van der Waals surface area contributed by atoms with E-state index in [2.05, 4.69) is 11.8 Å². The summed E-state index contributed by atoms with van der Waals surface area (Å²) in [6, 6.07) is 0.390. The number of hydrogen-bond acceptors (Lipinski definition) is 3. The van der Waals surface area contributed by atoms with E-state index in [0.717, 1.165) is 19.6 Å². The van der Waals surface area contributed by atoms with Crippen molar-refractivity contribution in [3.05, 3.63) is 0 Å². The number of likely N-dealkylation sites (tertiary alicyclic amines) is 1. The molecule has 1 heterocycles. The number of nitrogens with zero attached hydrogens (tertiary/aromatic N) is 2. The third-order valence-electron chi connectivity index (χ3n) is 2.50. The number of carbonyl (C=O) groups excluding carboxylic acids is 1. The maximum absolute atomic E-state index is 11.1. The van der Waals surface area contributed by atoms with Crippen molar-refractivity contribution in [3.63, 3.8) is 0 Å². The predicted octanol–water partition coefficient (Wildman–Crippen LogP) is -0.892. The molecule has 0 atom stereocenters. The van der Waals surface area contributed by atoms with Gasteiger partial charge in [-0.3, -0.25) is 9.69 Å². The Morgan fingerprint density at radius 3 is 2.67 bits per heavy atom. The van der Waals surface area contributed by atoms with Crippen molar-refractivity contribution in [2.75, 3.05) is 33.2 Å². The van der Waals surface area contributed by atoms with Crippen LogP contribution >= 0.6 is 0 Å². The highest BCUT2D eigenvalue weighted by Crippen LogP contribution is 2.12. The second-order valence-electron chi connectivity index (χ2n) is 3.21. The molecule has 70 valence electrons. The lowest BCUT2D eigenvalue weighted by molar-refractivity contribution is -0.133. The molecule has 12 heavy (non-hydrogen) atoms. The highest BCUT2D eigenvalue weighted by Gasteiger charge is 2.30. The van der Waals surface area contributed by atoms with Crippen molar-refractivity contribution in [2.45, 2.75) is 13.0 Å². The minimum absolute atomic E-state index is 0.0377. The standard InChI is InChI=1S/C8H17N3O/c1-3-11-5-7(6-11)10(2)8(12)4-9/h7H,3-6,9H2,1-2H3. The van der Waals surface area contributed by atoms with Crippen LogP contribution in [-0.2, 0) is 4.79 Å². The van der Waals surface area contributed by atoms with Crippen molar-refractivity contribution >= 4 is 5.91 Å². The molecule has 1 aliphatic rings. The average molecular weight is 171 g/mol. The van der Waals surface area contributed by atoms with E-state index in [1.165, 1.54) is 0 Å². The summed E-state index contributed by atoms with van der Waals surface area (Å²) in [5, 5.41) is 0. The number of rotatable bonds is 3. The molecule has 1 saturated heterocycles. The van der Waals surface area contributed by atoms with E-state index in [-0.39, 0.29) is 12.5 Å². The van der Waals surface area contributed by atoms with Gasteiger partial charge in [0.25, 0.3) is 0 Å². The first-order chi connectivity index (χ1) is 5.69. The molecule has 0 aliphatic carbocycles. The highest BCUT2D eigenvalue weighted by atomic mass is 16.2. The van der Waals surface area contributed by atoms with E-state index >= 15 is 0 Å². The molecule has 0 unspecified atom stereocenters. The zero-order chi connectivity index (χ0) is 9.14. The fourth-order valence-electron chi connectivity index (χ4n) is 1.39. The fourth-order valence-corrected chi connectivity index (χ4v) is 1.39. The van der Waals surface area contributed by atoms with Crippen LogP contribution in [0.5, 0.6) is 0 Å². The molecule has 1 aliphatic heterocycles. The van der Waals surface area contributed by atoms with Gasteiger partial charge in [-0.15, -0.1) is 0 Å². The first-order valence-electron chi connectivity index (χ1n) is 4.37. The smallest absolute Gasteiger partial charge is 0.236 e. The quantitative estimate of drug-likeness (QED) is 0.599. The molecule has 4 heteroatoms. The predicted molar refractivity (Wildman–Crippen MR) is 47.7 cm³/mol. The Morgan fingerprint density at radius 2 is 2.25 bits per heavy atom. The molecular weight excluding hydrogens is 154 g/mol. The van der Waals surface area contributed by atoms with Gasteiger partial charge in [0.05, 0.1) is 12.6 Å². The van der Waals surface area contributed by atoms with Gasteiger partial charge in [0.15, 0.2) is 0 Å². The Labute approximate surface area is 73.3 Å². The molecule has 0 aromatic carbocycles. The minimum atomic E-state index is 0.0377. The van der Waals surface area contributed by atoms with Gasteiger partial charge in [0.2, 0.25) is 5.91 Å². The maximum Gasteiger partial charge on any atom is 0.236 e. The highest BCUT2D eigenvalue weighted by molar-refractivity contribution is 5.78. The van der Waals surface area contributed by atoms with E-state index in [1.807, 2.05) is 7.05 Å². The van der Waals surface area contributed by atoms with Crippen LogP contribution in [0.2, 0.25) is 0 Å². The van der Waals surface area contributed by atoms with Gasteiger partial charge in [-0.2, -0.15) is 0 Å². The van der Waals surface area contributed by atoms with Crippen LogP contribution in [0.25, 0.3) is 0 Å². The first-order valence-corrected chi connectivity index (χ1v) is 4.37. The third kappa shape index (κ3) is 1.76. The number of carbonyl (C=O) groups is 1. The van der Waals surface area contributed by atoms with Crippen molar-refractivity contribution in [2.24, 2.45) is 5.73 Å².